The molecule has 0 amide bonds. The third-order valence-electron chi connectivity index (χ3n) is 4.82. The Hall–Kier alpha value is -1.58. The average molecular weight is 351 g/mol. The van der Waals surface area contributed by atoms with Gasteiger partial charge in [-0.2, -0.15) is 0 Å². The van der Waals surface area contributed by atoms with Crippen molar-refractivity contribution in [2.24, 2.45) is 5.92 Å². The summed E-state index contributed by atoms with van der Waals surface area (Å²) in [5, 5.41) is 0. The highest BCUT2D eigenvalue weighted by molar-refractivity contribution is 6.52. The Morgan fingerprint density at radius 3 is 2.52 bits per heavy atom. The second kappa shape index (κ2) is 4.96. The van der Waals surface area contributed by atoms with E-state index >= 15 is 0 Å². The zero-order valence-corrected chi connectivity index (χ0v) is 14.3. The van der Waals surface area contributed by atoms with Gasteiger partial charge < -0.3 is 14.2 Å². The van der Waals surface area contributed by atoms with Crippen LogP contribution in [0.2, 0.25) is 0 Å². The predicted molar refractivity (Wildman–Crippen MR) is 89.9 cm³/mol. The molecule has 1 aliphatic carbocycles. The van der Waals surface area contributed by atoms with E-state index in [0.717, 1.165) is 23.3 Å². The van der Waals surface area contributed by atoms with Crippen LogP contribution in [0.25, 0.3) is 0 Å². The number of para-hydroxylation sites is 1. The van der Waals surface area contributed by atoms with Crippen LogP contribution in [0.4, 0.5) is 0 Å². The molecule has 1 saturated carbocycles. The number of ether oxygens (including phenoxy) is 3. The van der Waals surface area contributed by atoms with Crippen LogP contribution >= 0.6 is 23.2 Å². The van der Waals surface area contributed by atoms with Crippen LogP contribution in [-0.2, 0) is 12.0 Å². The lowest BCUT2D eigenvalue weighted by molar-refractivity contribution is 0.143. The number of hydrogen-bond donors (Lipinski definition) is 0. The van der Waals surface area contributed by atoms with Gasteiger partial charge in [0.2, 0.25) is 0 Å². The van der Waals surface area contributed by atoms with Crippen LogP contribution in [0.15, 0.2) is 42.5 Å². The molecule has 0 saturated heterocycles. The van der Waals surface area contributed by atoms with E-state index in [1.807, 2.05) is 36.4 Å². The molecule has 2 aliphatic rings. The number of rotatable bonds is 3. The lowest BCUT2D eigenvalue weighted by Gasteiger charge is -2.27. The van der Waals surface area contributed by atoms with Crippen LogP contribution in [0.3, 0.4) is 0 Å². The van der Waals surface area contributed by atoms with Crippen molar-refractivity contribution in [2.45, 2.75) is 16.4 Å². The molecule has 5 heteroatoms. The summed E-state index contributed by atoms with van der Waals surface area (Å²) < 4.78 is 16.0. The predicted octanol–water partition coefficient (Wildman–Crippen LogP) is 4.34. The van der Waals surface area contributed by atoms with Crippen molar-refractivity contribution in [1.29, 1.82) is 0 Å². The van der Waals surface area contributed by atoms with Gasteiger partial charge in [-0.25, -0.2) is 0 Å². The fourth-order valence-electron chi connectivity index (χ4n) is 3.54. The summed E-state index contributed by atoms with van der Waals surface area (Å²) in [7, 11) is 3.21. The van der Waals surface area contributed by atoms with E-state index in [0.29, 0.717) is 11.5 Å². The Morgan fingerprint density at radius 2 is 1.78 bits per heavy atom. The Kier molecular flexibility index (Phi) is 3.23. The molecule has 2 aromatic carbocycles. The van der Waals surface area contributed by atoms with Gasteiger partial charge >= 0.3 is 0 Å². The number of benzene rings is 2. The van der Waals surface area contributed by atoms with Crippen LogP contribution in [-0.4, -0.2) is 18.6 Å². The highest BCUT2D eigenvalue weighted by atomic mass is 35.5. The Balaban J connectivity index is 1.82. The van der Waals surface area contributed by atoms with Crippen LogP contribution in [0, 0.1) is 5.92 Å². The van der Waals surface area contributed by atoms with Gasteiger partial charge in [0.1, 0.15) is 5.75 Å². The van der Waals surface area contributed by atoms with E-state index in [1.165, 1.54) is 0 Å². The molecule has 1 aliphatic heterocycles. The minimum absolute atomic E-state index is 0.00587. The van der Waals surface area contributed by atoms with Crippen molar-refractivity contribution in [3.05, 3.63) is 53.6 Å². The maximum Gasteiger partial charge on any atom is 0.173 e. The summed E-state index contributed by atoms with van der Waals surface area (Å²) in [5.74, 6) is 2.14. The van der Waals surface area contributed by atoms with E-state index < -0.39 is 9.93 Å². The van der Waals surface area contributed by atoms with Crippen molar-refractivity contribution in [3.8, 4) is 17.2 Å². The minimum Gasteiger partial charge on any atom is -0.493 e. The molecule has 0 bridgehead atoms. The molecular weight excluding hydrogens is 335 g/mol. The molecule has 1 heterocycles. The molecule has 0 radical (unpaired) electrons. The first-order valence-electron chi connectivity index (χ1n) is 7.42. The van der Waals surface area contributed by atoms with Gasteiger partial charge in [-0.1, -0.05) is 47.5 Å². The average Bonchev–Trinajstić information content (AvgIpc) is 3.08. The Bertz CT molecular complexity index is 775. The summed E-state index contributed by atoms with van der Waals surface area (Å²) >= 11 is 13.3. The molecule has 4 rings (SSSR count). The fraction of sp³-hybridized carbons (Fsp3) is 0.333. The van der Waals surface area contributed by atoms with Crippen molar-refractivity contribution in [1.82, 2.24) is 0 Å². The third-order valence-corrected chi connectivity index (χ3v) is 5.91. The van der Waals surface area contributed by atoms with Crippen molar-refractivity contribution in [2.75, 3.05) is 14.2 Å². The van der Waals surface area contributed by atoms with Gasteiger partial charge in [0.05, 0.1) is 14.2 Å². The fourth-order valence-corrected chi connectivity index (χ4v) is 4.46. The molecule has 23 heavy (non-hydrogen) atoms. The van der Waals surface area contributed by atoms with Crippen LogP contribution in [0.5, 0.6) is 17.2 Å². The Labute approximate surface area is 145 Å². The van der Waals surface area contributed by atoms with E-state index in [4.69, 9.17) is 37.4 Å². The summed E-state index contributed by atoms with van der Waals surface area (Å²) in [6, 6.07) is 13.6. The van der Waals surface area contributed by atoms with Crippen molar-refractivity contribution in [3.63, 3.8) is 0 Å². The molecular formula is C18H16Cl2O3. The molecule has 2 aromatic rings. The zero-order chi connectivity index (χ0) is 16.2. The van der Waals surface area contributed by atoms with Gasteiger partial charge in [-0.3, -0.25) is 0 Å². The first-order valence-corrected chi connectivity index (χ1v) is 8.17. The van der Waals surface area contributed by atoms with Gasteiger partial charge in [0, 0.05) is 11.5 Å². The third kappa shape index (κ3) is 1.90. The van der Waals surface area contributed by atoms with Gasteiger partial charge in [-0.15, -0.1) is 0 Å². The maximum absolute atomic E-state index is 6.63. The van der Waals surface area contributed by atoms with E-state index in [1.54, 1.807) is 14.2 Å². The molecule has 0 N–H and O–H groups in total. The van der Waals surface area contributed by atoms with Gasteiger partial charge in [0.15, 0.2) is 21.4 Å². The van der Waals surface area contributed by atoms with Gasteiger partial charge in [0.25, 0.3) is 0 Å². The van der Waals surface area contributed by atoms with E-state index in [2.05, 4.69) is 6.07 Å². The highest BCUT2D eigenvalue weighted by Gasteiger charge is 2.80. The van der Waals surface area contributed by atoms with Gasteiger partial charge in [-0.05, 0) is 30.2 Å². The highest BCUT2D eigenvalue weighted by Crippen LogP contribution is 2.73. The maximum atomic E-state index is 6.63. The van der Waals surface area contributed by atoms with E-state index in [-0.39, 0.29) is 5.92 Å². The first-order chi connectivity index (χ1) is 11.0. The number of fused-ring (bicyclic) bond motifs is 2. The normalized spacial score (nSPS) is 26.5. The smallest absolute Gasteiger partial charge is 0.173 e. The van der Waals surface area contributed by atoms with Crippen LogP contribution in [0.1, 0.15) is 11.1 Å². The second-order valence-electron chi connectivity index (χ2n) is 5.89. The second-order valence-corrected chi connectivity index (χ2v) is 7.28. The zero-order valence-electron chi connectivity index (χ0n) is 12.8. The minimum atomic E-state index is -0.967. The molecule has 2 atom stereocenters. The summed E-state index contributed by atoms with van der Waals surface area (Å²) in [5.41, 5.74) is 1.29. The summed E-state index contributed by atoms with van der Waals surface area (Å²) in [4.78, 5) is 0. The molecule has 3 nitrogen and oxygen atoms in total. The molecule has 0 aromatic heterocycles. The monoisotopic (exact) mass is 350 g/mol. The number of halogens is 2. The lowest BCUT2D eigenvalue weighted by atomic mass is 9.97. The van der Waals surface area contributed by atoms with E-state index in [9.17, 15) is 0 Å². The summed E-state index contributed by atoms with van der Waals surface area (Å²) in [6.45, 7) is 0. The number of hydrogen-bond acceptors (Lipinski definition) is 3. The standard InChI is InChI=1S/C18H16Cl2O3/c1-21-14-8-7-12(10-15(14)22-2)17-16(18(17,19)20)9-11-5-3-4-6-13(11)23-17/h3-8,10,16H,9H2,1-2H3. The number of alkyl halides is 2. The molecule has 2 unspecified atom stereocenters. The van der Waals surface area contributed by atoms with Crippen LogP contribution < -0.4 is 14.2 Å². The lowest BCUT2D eigenvalue weighted by Crippen LogP contribution is -2.26. The summed E-state index contributed by atoms with van der Waals surface area (Å²) in [6.07, 6.45) is 0.789. The van der Waals surface area contributed by atoms with Crippen molar-refractivity contribution >= 4 is 23.2 Å². The topological polar surface area (TPSA) is 27.7 Å². The SMILES string of the molecule is COc1ccc(C23Oc4ccccc4CC2C3(Cl)Cl)cc1OC. The number of methoxy groups -OCH3 is 2. The first kappa shape index (κ1) is 15.0. The molecule has 0 spiro atoms. The Morgan fingerprint density at radius 1 is 1.04 bits per heavy atom. The van der Waals surface area contributed by atoms with Crippen molar-refractivity contribution < 1.29 is 14.2 Å². The largest absolute Gasteiger partial charge is 0.493 e. The quantitative estimate of drug-likeness (QED) is 0.770. The molecule has 120 valence electrons. The molecule has 1 fully saturated rings.